The summed E-state index contributed by atoms with van der Waals surface area (Å²) >= 11 is 6.34. The van der Waals surface area contributed by atoms with E-state index in [4.69, 9.17) is 16.3 Å². The number of anilines is 1. The first-order valence-electron chi connectivity index (χ1n) is 13.3. The zero-order chi connectivity index (χ0) is 30.2. The minimum atomic E-state index is -4.24. The van der Waals surface area contributed by atoms with Gasteiger partial charge in [-0.3, -0.25) is 13.9 Å². The Hall–Kier alpha value is -3.63. The van der Waals surface area contributed by atoms with Crippen LogP contribution in [0.1, 0.15) is 39.2 Å². The quantitative estimate of drug-likeness (QED) is 0.282. The first kappa shape index (κ1) is 31.9. The van der Waals surface area contributed by atoms with Gasteiger partial charge < -0.3 is 15.0 Å². The Kier molecular flexibility index (Phi) is 11.1. The molecule has 0 radical (unpaired) electrons. The number of methoxy groups -OCH3 is 1. The van der Waals surface area contributed by atoms with Gasteiger partial charge in [-0.2, -0.15) is 0 Å². The van der Waals surface area contributed by atoms with E-state index in [1.807, 2.05) is 13.8 Å². The zero-order valence-corrected chi connectivity index (χ0v) is 25.1. The highest BCUT2D eigenvalue weighted by Crippen LogP contribution is 2.32. The number of amides is 2. The van der Waals surface area contributed by atoms with Crippen LogP contribution in [-0.4, -0.2) is 50.9 Å². The van der Waals surface area contributed by atoms with Crippen LogP contribution in [-0.2, 0) is 26.2 Å². The van der Waals surface area contributed by atoms with Gasteiger partial charge in [-0.05, 0) is 67.8 Å². The summed E-state index contributed by atoms with van der Waals surface area (Å²) < 4.78 is 47.5. The molecule has 3 aromatic rings. The second-order valence-electron chi connectivity index (χ2n) is 9.53. The molecule has 2 atom stereocenters. The van der Waals surface area contributed by atoms with Gasteiger partial charge >= 0.3 is 0 Å². The summed E-state index contributed by atoms with van der Waals surface area (Å²) in [6, 6.07) is 16.7. The molecule has 1 N–H and O–H groups in total. The molecule has 220 valence electrons. The van der Waals surface area contributed by atoms with Crippen molar-refractivity contribution in [3.05, 3.63) is 89.2 Å². The molecule has 41 heavy (non-hydrogen) atoms. The van der Waals surface area contributed by atoms with Gasteiger partial charge in [0, 0.05) is 12.6 Å². The first-order chi connectivity index (χ1) is 19.5. The lowest BCUT2D eigenvalue weighted by Gasteiger charge is -2.33. The molecule has 0 aliphatic heterocycles. The third-order valence-corrected chi connectivity index (χ3v) is 8.77. The fourth-order valence-corrected chi connectivity index (χ4v) is 5.88. The third kappa shape index (κ3) is 7.98. The van der Waals surface area contributed by atoms with E-state index in [1.165, 1.54) is 66.6 Å². The Morgan fingerprint density at radius 1 is 1.00 bits per heavy atom. The van der Waals surface area contributed by atoms with Gasteiger partial charge in [0.15, 0.2) is 0 Å². The van der Waals surface area contributed by atoms with E-state index in [0.717, 1.165) is 4.31 Å². The number of sulfonamides is 1. The van der Waals surface area contributed by atoms with Crippen LogP contribution >= 0.6 is 11.6 Å². The molecule has 0 aromatic heterocycles. The number of nitrogens with one attached hydrogen (secondary N) is 1. The van der Waals surface area contributed by atoms with Crippen molar-refractivity contribution >= 4 is 39.1 Å². The molecule has 8 nitrogen and oxygen atoms in total. The van der Waals surface area contributed by atoms with E-state index in [1.54, 1.807) is 25.1 Å². The van der Waals surface area contributed by atoms with Crippen LogP contribution in [0.3, 0.4) is 0 Å². The molecule has 0 fully saturated rings. The van der Waals surface area contributed by atoms with Crippen LogP contribution < -0.4 is 14.4 Å². The second-order valence-corrected chi connectivity index (χ2v) is 11.8. The highest BCUT2D eigenvalue weighted by atomic mass is 35.5. The fraction of sp³-hybridized carbons (Fsp3) is 0.333. The molecule has 0 aliphatic rings. The molecule has 0 bridgehead atoms. The highest BCUT2D eigenvalue weighted by Gasteiger charge is 2.34. The van der Waals surface area contributed by atoms with Gasteiger partial charge in [-0.25, -0.2) is 12.8 Å². The zero-order valence-electron chi connectivity index (χ0n) is 23.5. The topological polar surface area (TPSA) is 96.0 Å². The Bertz CT molecular complexity index is 1440. The molecule has 0 spiro atoms. The van der Waals surface area contributed by atoms with Crippen molar-refractivity contribution < 1.29 is 27.1 Å². The maximum atomic E-state index is 14.1. The van der Waals surface area contributed by atoms with E-state index in [-0.39, 0.29) is 40.5 Å². The van der Waals surface area contributed by atoms with Crippen molar-refractivity contribution in [3.8, 4) is 5.75 Å². The Morgan fingerprint density at radius 2 is 1.66 bits per heavy atom. The molecule has 11 heteroatoms. The standard InChI is InChI=1S/C30H35ClFN3O5S/c1-5-21(3)33-30(37)27(6-2)34(19-22-12-14-23(32)15-13-22)29(36)20-35(24-16-17-28(40-4)26(31)18-24)41(38,39)25-10-8-7-9-11-25/h7-18,21,27H,5-6,19-20H2,1-4H3,(H,33,37)/t21-,27-/m0/s1. The predicted octanol–water partition coefficient (Wildman–Crippen LogP) is 5.41. The van der Waals surface area contributed by atoms with Gasteiger partial charge in [-0.15, -0.1) is 0 Å². The molecule has 0 unspecified atom stereocenters. The summed E-state index contributed by atoms with van der Waals surface area (Å²) in [5, 5.41) is 3.08. The van der Waals surface area contributed by atoms with E-state index in [0.29, 0.717) is 17.7 Å². The van der Waals surface area contributed by atoms with Crippen LogP contribution in [0.15, 0.2) is 77.7 Å². The number of carbonyl (C=O) groups is 2. The van der Waals surface area contributed by atoms with Crippen molar-refractivity contribution in [2.45, 2.75) is 57.1 Å². The number of carbonyl (C=O) groups excluding carboxylic acids is 2. The lowest BCUT2D eigenvalue weighted by atomic mass is 10.1. The first-order valence-corrected chi connectivity index (χ1v) is 15.1. The minimum Gasteiger partial charge on any atom is -0.495 e. The number of ether oxygens (including phenoxy) is 1. The van der Waals surface area contributed by atoms with Crippen molar-refractivity contribution in [2.75, 3.05) is 18.0 Å². The molecular weight excluding hydrogens is 569 g/mol. The number of hydrogen-bond acceptors (Lipinski definition) is 5. The monoisotopic (exact) mass is 603 g/mol. The van der Waals surface area contributed by atoms with Crippen molar-refractivity contribution in [2.24, 2.45) is 0 Å². The minimum absolute atomic E-state index is 0.0219. The van der Waals surface area contributed by atoms with Gasteiger partial charge in [0.2, 0.25) is 11.8 Å². The summed E-state index contributed by atoms with van der Waals surface area (Å²) in [5.41, 5.74) is 0.728. The predicted molar refractivity (Wildman–Crippen MR) is 158 cm³/mol. The van der Waals surface area contributed by atoms with Gasteiger partial charge in [0.25, 0.3) is 10.0 Å². The summed E-state index contributed by atoms with van der Waals surface area (Å²) in [6.45, 7) is 4.91. The Labute approximate surface area is 246 Å². The van der Waals surface area contributed by atoms with E-state index in [9.17, 15) is 22.4 Å². The third-order valence-electron chi connectivity index (χ3n) is 6.69. The summed E-state index contributed by atoms with van der Waals surface area (Å²) in [6.07, 6.45) is 0.963. The van der Waals surface area contributed by atoms with Crippen molar-refractivity contribution in [1.29, 1.82) is 0 Å². The van der Waals surface area contributed by atoms with Crippen molar-refractivity contribution in [1.82, 2.24) is 10.2 Å². The average Bonchev–Trinajstić information content (AvgIpc) is 2.96. The fourth-order valence-electron chi connectivity index (χ4n) is 4.21. The average molecular weight is 604 g/mol. The molecule has 0 saturated heterocycles. The van der Waals surface area contributed by atoms with Crippen LogP contribution in [0.2, 0.25) is 5.02 Å². The molecule has 3 rings (SSSR count). The summed E-state index contributed by atoms with van der Waals surface area (Å²) in [5.74, 6) is -1.08. The van der Waals surface area contributed by atoms with E-state index < -0.39 is 34.3 Å². The van der Waals surface area contributed by atoms with Crippen LogP contribution in [0.25, 0.3) is 0 Å². The number of halogens is 2. The Morgan fingerprint density at radius 3 is 2.22 bits per heavy atom. The van der Waals surface area contributed by atoms with Crippen LogP contribution in [0, 0.1) is 5.82 Å². The van der Waals surface area contributed by atoms with Crippen molar-refractivity contribution in [3.63, 3.8) is 0 Å². The lowest BCUT2D eigenvalue weighted by Crippen LogP contribution is -2.53. The summed E-state index contributed by atoms with van der Waals surface area (Å²) in [4.78, 5) is 28.7. The second kappa shape index (κ2) is 14.3. The number of rotatable bonds is 13. The molecule has 2 amide bonds. The largest absolute Gasteiger partial charge is 0.495 e. The number of nitrogens with zero attached hydrogens (tertiary/aromatic N) is 2. The maximum Gasteiger partial charge on any atom is 0.264 e. The number of hydrogen-bond donors (Lipinski definition) is 1. The SMILES string of the molecule is CC[C@H](C)NC(=O)[C@H](CC)N(Cc1ccc(F)cc1)C(=O)CN(c1ccc(OC)c(Cl)c1)S(=O)(=O)c1ccccc1. The molecule has 0 saturated carbocycles. The molecule has 0 heterocycles. The molecular formula is C30H35ClFN3O5S. The van der Waals surface area contributed by atoms with Crippen LogP contribution in [0.4, 0.5) is 10.1 Å². The normalized spacial score (nSPS) is 12.7. The maximum absolute atomic E-state index is 14.1. The smallest absolute Gasteiger partial charge is 0.264 e. The molecule has 3 aromatic carbocycles. The van der Waals surface area contributed by atoms with E-state index >= 15 is 0 Å². The molecule has 0 aliphatic carbocycles. The van der Waals surface area contributed by atoms with Crippen LogP contribution in [0.5, 0.6) is 5.75 Å². The van der Waals surface area contributed by atoms with E-state index in [2.05, 4.69) is 5.32 Å². The van der Waals surface area contributed by atoms with Gasteiger partial charge in [0.1, 0.15) is 24.2 Å². The van der Waals surface area contributed by atoms with Gasteiger partial charge in [0.05, 0.1) is 22.7 Å². The highest BCUT2D eigenvalue weighted by molar-refractivity contribution is 7.92. The Balaban J connectivity index is 2.08. The summed E-state index contributed by atoms with van der Waals surface area (Å²) in [7, 11) is -2.80. The number of benzene rings is 3. The lowest BCUT2D eigenvalue weighted by molar-refractivity contribution is -0.140. The van der Waals surface area contributed by atoms with Gasteiger partial charge in [-0.1, -0.05) is 55.8 Å².